The molecule has 60 heavy (non-hydrogen) atoms. The fourth-order valence-electron chi connectivity index (χ4n) is 8.11. The summed E-state index contributed by atoms with van der Waals surface area (Å²) in [6, 6.07) is -1.03. The molecule has 8 atom stereocenters. The maximum absolute atomic E-state index is 13.1. The molecule has 7 N–H and O–H groups in total. The zero-order valence-corrected chi connectivity index (χ0v) is 38.7. The van der Waals surface area contributed by atoms with Crippen molar-refractivity contribution in [1.29, 1.82) is 0 Å². The van der Waals surface area contributed by atoms with Crippen LogP contribution in [0.5, 0.6) is 0 Å². The lowest BCUT2D eigenvalue weighted by Crippen LogP contribution is -2.61. The zero-order chi connectivity index (χ0) is 44.3. The van der Waals surface area contributed by atoms with Gasteiger partial charge in [0.2, 0.25) is 5.91 Å². The van der Waals surface area contributed by atoms with Crippen LogP contribution in [0.3, 0.4) is 0 Å². The van der Waals surface area contributed by atoms with Crippen LogP contribution < -0.4 is 5.32 Å². The molecule has 1 aliphatic heterocycles. The molecule has 14 heteroatoms. The maximum atomic E-state index is 13.1. The molecule has 0 aromatic rings. The minimum absolute atomic E-state index is 0.266. The predicted molar refractivity (Wildman–Crippen MR) is 238 cm³/mol. The third-order valence-corrected chi connectivity index (χ3v) is 12.5. The van der Waals surface area contributed by atoms with E-state index in [2.05, 4.69) is 23.3 Å². The maximum Gasteiger partial charge on any atom is 0.397 e. The summed E-state index contributed by atoms with van der Waals surface area (Å²) in [6.45, 7) is 3.29. The molecule has 0 aromatic carbocycles. The highest BCUT2D eigenvalue weighted by Gasteiger charge is 2.48. The summed E-state index contributed by atoms with van der Waals surface area (Å²) in [4.78, 5) is 13.1. The minimum Gasteiger partial charge on any atom is -0.394 e. The number of unbranched alkanes of at least 4 members (excludes halogenated alkanes) is 29. The first-order valence-corrected chi connectivity index (χ1v) is 25.9. The molecule has 1 aliphatic rings. The first-order chi connectivity index (χ1) is 28.9. The lowest BCUT2D eigenvalue weighted by atomic mass is 9.99. The van der Waals surface area contributed by atoms with Crippen molar-refractivity contribution >= 4 is 16.3 Å². The molecular formula is C46H91NO12S. The van der Waals surface area contributed by atoms with Gasteiger partial charge in [-0.3, -0.25) is 9.35 Å². The normalized spacial score (nSPS) is 21.2. The van der Waals surface area contributed by atoms with E-state index < -0.39 is 78.5 Å². The Morgan fingerprint density at radius 3 is 1.33 bits per heavy atom. The van der Waals surface area contributed by atoms with Crippen molar-refractivity contribution in [2.75, 3.05) is 13.2 Å². The average molecular weight is 882 g/mol. The van der Waals surface area contributed by atoms with Crippen LogP contribution in [0.2, 0.25) is 0 Å². The van der Waals surface area contributed by atoms with Crippen LogP contribution in [0.15, 0.2) is 0 Å². The van der Waals surface area contributed by atoms with Crippen molar-refractivity contribution < 1.29 is 57.0 Å². The van der Waals surface area contributed by atoms with Crippen molar-refractivity contribution in [3.8, 4) is 0 Å². The van der Waals surface area contributed by atoms with E-state index in [0.717, 1.165) is 38.5 Å². The molecule has 0 radical (unpaired) electrons. The van der Waals surface area contributed by atoms with E-state index in [9.17, 15) is 43.3 Å². The van der Waals surface area contributed by atoms with Gasteiger partial charge in [0.05, 0.1) is 25.4 Å². The van der Waals surface area contributed by atoms with Gasteiger partial charge in [0, 0.05) is 0 Å². The summed E-state index contributed by atoms with van der Waals surface area (Å²) in [6.07, 6.45) is 27.1. The Bertz CT molecular complexity index is 1100. The topological polar surface area (TPSA) is 212 Å². The Balaban J connectivity index is 2.52. The van der Waals surface area contributed by atoms with Gasteiger partial charge in [0.25, 0.3) is 0 Å². The highest BCUT2D eigenvalue weighted by Crippen LogP contribution is 2.26. The van der Waals surface area contributed by atoms with Crippen LogP contribution >= 0.6 is 0 Å². The van der Waals surface area contributed by atoms with Gasteiger partial charge in [-0.05, 0) is 12.8 Å². The number of carbonyl (C=O) groups excluding carboxylic acids is 1. The lowest BCUT2D eigenvalue weighted by molar-refractivity contribution is -0.298. The van der Waals surface area contributed by atoms with Crippen molar-refractivity contribution in [3.63, 3.8) is 0 Å². The molecule has 8 unspecified atom stereocenters. The molecule has 1 rings (SSSR count). The molecule has 0 bridgehead atoms. The van der Waals surface area contributed by atoms with Crippen LogP contribution in [0.4, 0.5) is 0 Å². The van der Waals surface area contributed by atoms with Crippen LogP contribution in [-0.2, 0) is 28.9 Å². The van der Waals surface area contributed by atoms with Crippen LogP contribution in [0, 0.1) is 0 Å². The number of amides is 1. The zero-order valence-electron chi connectivity index (χ0n) is 37.9. The minimum atomic E-state index is -5.11. The van der Waals surface area contributed by atoms with Gasteiger partial charge in [-0.15, -0.1) is 0 Å². The highest BCUT2D eigenvalue weighted by atomic mass is 32.3. The first-order valence-electron chi connectivity index (χ1n) is 24.5. The SMILES string of the molecule is CCCCCCCCCCCCCCCCCCCCC(O)C(COC1OC(CO)C(O)C(OS(=O)(=O)O)C1O)NC(=O)C(O)CCCCCCCCCCCCCCC. The Kier molecular flexibility index (Phi) is 35.6. The quantitative estimate of drug-likeness (QED) is 0.0227. The summed E-state index contributed by atoms with van der Waals surface area (Å²) < 4.78 is 47.6. The van der Waals surface area contributed by atoms with Crippen molar-refractivity contribution in [1.82, 2.24) is 5.32 Å². The molecular weight excluding hydrogens is 791 g/mol. The van der Waals surface area contributed by atoms with Crippen molar-refractivity contribution in [2.45, 2.75) is 275 Å². The van der Waals surface area contributed by atoms with E-state index in [-0.39, 0.29) is 6.42 Å². The molecule has 1 saturated heterocycles. The lowest BCUT2D eigenvalue weighted by Gasteiger charge is -2.41. The van der Waals surface area contributed by atoms with E-state index in [0.29, 0.717) is 19.3 Å². The van der Waals surface area contributed by atoms with E-state index in [1.807, 2.05) is 0 Å². The second-order valence-corrected chi connectivity index (χ2v) is 18.6. The monoisotopic (exact) mass is 882 g/mol. The van der Waals surface area contributed by atoms with E-state index >= 15 is 0 Å². The molecule has 1 heterocycles. The fraction of sp³-hybridized carbons (Fsp3) is 0.978. The molecule has 1 amide bonds. The number of rotatable bonds is 42. The highest BCUT2D eigenvalue weighted by molar-refractivity contribution is 7.80. The fourth-order valence-corrected chi connectivity index (χ4v) is 8.62. The number of hydrogen-bond acceptors (Lipinski definition) is 11. The number of carbonyl (C=O) groups is 1. The van der Waals surface area contributed by atoms with Crippen molar-refractivity contribution in [3.05, 3.63) is 0 Å². The Morgan fingerprint density at radius 2 is 0.967 bits per heavy atom. The molecule has 358 valence electrons. The molecule has 0 spiro atoms. The van der Waals surface area contributed by atoms with Gasteiger partial charge in [-0.2, -0.15) is 8.42 Å². The summed E-state index contributed by atoms with van der Waals surface area (Å²) in [5.74, 6) is -0.666. The van der Waals surface area contributed by atoms with Gasteiger partial charge in [-0.25, -0.2) is 4.18 Å². The van der Waals surface area contributed by atoms with E-state index in [1.54, 1.807) is 0 Å². The number of aliphatic hydroxyl groups is 5. The largest absolute Gasteiger partial charge is 0.397 e. The summed E-state index contributed by atoms with van der Waals surface area (Å²) in [5.41, 5.74) is 0. The van der Waals surface area contributed by atoms with Gasteiger partial charge >= 0.3 is 10.4 Å². The van der Waals surface area contributed by atoms with Crippen LogP contribution in [0.1, 0.15) is 226 Å². The third-order valence-electron chi connectivity index (χ3n) is 12.0. The molecule has 0 saturated carbocycles. The summed E-state index contributed by atoms with van der Waals surface area (Å²) >= 11 is 0. The van der Waals surface area contributed by atoms with E-state index in [1.165, 1.54) is 148 Å². The van der Waals surface area contributed by atoms with Crippen LogP contribution in [0.25, 0.3) is 0 Å². The standard InChI is InChI=1S/C46H91NO12S/c1-3-5-7-9-11-13-15-17-18-19-20-21-23-24-26-28-30-32-34-39(49)38(37-57-46-43(52)44(59-60(54,55)56)42(51)41(36-48)58-46)47-45(53)40(50)35-33-31-29-27-25-22-16-14-12-10-8-6-4-2/h38-44,46,48-52H,3-37H2,1-2H3,(H,47,53)(H,54,55,56). The molecule has 0 aliphatic carbocycles. The third kappa shape index (κ3) is 29.4. The van der Waals surface area contributed by atoms with Gasteiger partial charge < -0.3 is 40.3 Å². The Labute approximate surface area is 365 Å². The Hall–Kier alpha value is -0.940. The summed E-state index contributed by atoms with van der Waals surface area (Å²) in [7, 11) is -5.11. The smallest absolute Gasteiger partial charge is 0.394 e. The molecule has 1 fully saturated rings. The van der Waals surface area contributed by atoms with Crippen molar-refractivity contribution in [2.24, 2.45) is 0 Å². The van der Waals surface area contributed by atoms with Gasteiger partial charge in [-0.1, -0.05) is 213 Å². The molecule has 0 aromatic heterocycles. The average Bonchev–Trinajstić information content (AvgIpc) is 3.22. The van der Waals surface area contributed by atoms with Gasteiger partial charge in [0.15, 0.2) is 6.29 Å². The predicted octanol–water partition coefficient (Wildman–Crippen LogP) is 8.75. The second-order valence-electron chi connectivity index (χ2n) is 17.6. The Morgan fingerprint density at radius 1 is 0.600 bits per heavy atom. The number of nitrogens with one attached hydrogen (secondary N) is 1. The number of hydrogen-bond donors (Lipinski definition) is 7. The molecule has 13 nitrogen and oxygen atoms in total. The van der Waals surface area contributed by atoms with E-state index in [4.69, 9.17) is 9.47 Å². The first kappa shape index (κ1) is 57.1. The van der Waals surface area contributed by atoms with Crippen LogP contribution in [-0.4, -0.2) is 107 Å². The second kappa shape index (κ2) is 37.4. The number of aliphatic hydroxyl groups excluding tert-OH is 5. The number of ether oxygens (including phenoxy) is 2. The van der Waals surface area contributed by atoms with Gasteiger partial charge in [0.1, 0.15) is 30.5 Å². The summed E-state index contributed by atoms with van der Waals surface area (Å²) in [5, 5.41) is 55.4.